The van der Waals surface area contributed by atoms with Crippen LogP contribution in [0.1, 0.15) is 10.4 Å². The van der Waals surface area contributed by atoms with Crippen LogP contribution in [-0.2, 0) is 0 Å². The lowest BCUT2D eigenvalue weighted by atomic mass is 10.2. The first-order valence-electron chi connectivity index (χ1n) is 5.83. The van der Waals surface area contributed by atoms with Crippen molar-refractivity contribution in [1.29, 1.82) is 0 Å². The van der Waals surface area contributed by atoms with Gasteiger partial charge in [-0.1, -0.05) is 0 Å². The Morgan fingerprint density at radius 3 is 2.48 bits per heavy atom. The van der Waals surface area contributed by atoms with E-state index >= 15 is 0 Å². The molecule has 0 saturated heterocycles. The SMILES string of the molecule is O=C(Nc1cc(OC(F)(F)F)c(Br)cc1F)c1ccc(F)nc1. The Balaban J connectivity index is 2.27. The molecule has 4 nitrogen and oxygen atoms in total. The van der Waals surface area contributed by atoms with Crippen LogP contribution in [0.3, 0.4) is 0 Å². The van der Waals surface area contributed by atoms with E-state index in [-0.39, 0.29) is 10.0 Å². The van der Waals surface area contributed by atoms with Gasteiger partial charge in [0.15, 0.2) is 0 Å². The van der Waals surface area contributed by atoms with Crippen LogP contribution < -0.4 is 10.1 Å². The Morgan fingerprint density at radius 2 is 1.91 bits per heavy atom. The minimum absolute atomic E-state index is 0.105. The summed E-state index contributed by atoms with van der Waals surface area (Å²) in [6.07, 6.45) is -4.09. The molecule has 0 atom stereocenters. The Labute approximate surface area is 134 Å². The third-order valence-electron chi connectivity index (χ3n) is 2.49. The van der Waals surface area contributed by atoms with Crippen molar-refractivity contribution in [3.63, 3.8) is 0 Å². The molecule has 1 aromatic carbocycles. The van der Waals surface area contributed by atoms with Crippen LogP contribution in [0, 0.1) is 11.8 Å². The van der Waals surface area contributed by atoms with E-state index in [4.69, 9.17) is 0 Å². The second kappa shape index (κ2) is 6.49. The topological polar surface area (TPSA) is 51.2 Å². The summed E-state index contributed by atoms with van der Waals surface area (Å²) in [5, 5.41) is 2.05. The molecule has 0 unspecified atom stereocenters. The lowest BCUT2D eigenvalue weighted by Gasteiger charge is -2.13. The van der Waals surface area contributed by atoms with Gasteiger partial charge in [-0.15, -0.1) is 13.2 Å². The fraction of sp³-hybridized carbons (Fsp3) is 0.0769. The number of ether oxygens (including phenoxy) is 1. The number of hydrogen-bond donors (Lipinski definition) is 1. The van der Waals surface area contributed by atoms with Gasteiger partial charge in [-0.2, -0.15) is 4.39 Å². The van der Waals surface area contributed by atoms with Crippen LogP contribution in [0.25, 0.3) is 0 Å². The molecule has 122 valence electrons. The van der Waals surface area contributed by atoms with Crippen LogP contribution in [0.15, 0.2) is 34.9 Å². The molecule has 1 amide bonds. The van der Waals surface area contributed by atoms with Gasteiger partial charge in [-0.25, -0.2) is 9.37 Å². The molecular weight excluding hydrogens is 391 g/mol. The first-order chi connectivity index (χ1) is 10.7. The maximum atomic E-state index is 13.7. The molecule has 0 aliphatic carbocycles. The molecule has 1 heterocycles. The molecule has 2 rings (SSSR count). The number of nitrogens with one attached hydrogen (secondary N) is 1. The van der Waals surface area contributed by atoms with E-state index in [0.717, 1.165) is 18.3 Å². The average molecular weight is 397 g/mol. The predicted molar refractivity (Wildman–Crippen MR) is 72.9 cm³/mol. The molecule has 0 aliphatic rings. The summed E-state index contributed by atoms with van der Waals surface area (Å²) >= 11 is 2.72. The van der Waals surface area contributed by atoms with Gasteiger partial charge in [-0.05, 0) is 34.1 Å². The number of hydrogen-bond acceptors (Lipinski definition) is 3. The minimum Gasteiger partial charge on any atom is -0.405 e. The molecule has 0 aliphatic heterocycles. The summed E-state index contributed by atoms with van der Waals surface area (Å²) in [4.78, 5) is 15.1. The van der Waals surface area contributed by atoms with Crippen molar-refractivity contribution in [2.75, 3.05) is 5.32 Å². The molecule has 1 N–H and O–H groups in total. The quantitative estimate of drug-likeness (QED) is 0.622. The number of carbonyl (C=O) groups is 1. The first kappa shape index (κ1) is 17.1. The highest BCUT2D eigenvalue weighted by Gasteiger charge is 2.32. The van der Waals surface area contributed by atoms with Gasteiger partial charge in [0.05, 0.1) is 15.7 Å². The molecule has 10 heteroatoms. The summed E-state index contributed by atoms with van der Waals surface area (Å²) in [6.45, 7) is 0. The molecule has 0 saturated carbocycles. The molecule has 2 aromatic rings. The first-order valence-corrected chi connectivity index (χ1v) is 6.63. The lowest BCUT2D eigenvalue weighted by Crippen LogP contribution is -2.18. The van der Waals surface area contributed by atoms with Crippen molar-refractivity contribution in [2.24, 2.45) is 0 Å². The van der Waals surface area contributed by atoms with Crippen LogP contribution in [0.2, 0.25) is 0 Å². The largest absolute Gasteiger partial charge is 0.573 e. The van der Waals surface area contributed by atoms with E-state index < -0.39 is 35.5 Å². The van der Waals surface area contributed by atoms with E-state index in [1.165, 1.54) is 0 Å². The zero-order valence-corrected chi connectivity index (χ0v) is 12.5. The summed E-state index contributed by atoms with van der Waals surface area (Å²) in [5.74, 6) is -3.42. The number of amides is 1. The Hall–Kier alpha value is -2.23. The standard InChI is InChI=1S/C13H6BrF5N2O2/c14-7-3-8(15)9(4-10(7)23-13(17,18)19)21-12(22)6-1-2-11(16)20-5-6/h1-5H,(H,21,22). The molecule has 0 radical (unpaired) electrons. The number of nitrogens with zero attached hydrogens (tertiary/aromatic N) is 1. The number of anilines is 1. The van der Waals surface area contributed by atoms with Gasteiger partial charge < -0.3 is 10.1 Å². The van der Waals surface area contributed by atoms with E-state index in [2.05, 4.69) is 31.0 Å². The third-order valence-corrected chi connectivity index (χ3v) is 3.10. The number of benzene rings is 1. The minimum atomic E-state index is -4.98. The fourth-order valence-electron chi connectivity index (χ4n) is 1.53. The normalized spacial score (nSPS) is 11.2. The molecule has 0 bridgehead atoms. The predicted octanol–water partition coefficient (Wildman–Crippen LogP) is 4.27. The van der Waals surface area contributed by atoms with E-state index in [9.17, 15) is 26.7 Å². The number of alkyl halides is 3. The van der Waals surface area contributed by atoms with Crippen molar-refractivity contribution in [3.05, 3.63) is 52.3 Å². The van der Waals surface area contributed by atoms with Crippen molar-refractivity contribution in [2.45, 2.75) is 6.36 Å². The summed E-state index contributed by atoms with van der Waals surface area (Å²) in [7, 11) is 0. The van der Waals surface area contributed by atoms with Crippen LogP contribution >= 0.6 is 15.9 Å². The maximum Gasteiger partial charge on any atom is 0.573 e. The lowest BCUT2D eigenvalue weighted by molar-refractivity contribution is -0.274. The third kappa shape index (κ3) is 4.62. The maximum absolute atomic E-state index is 13.7. The summed E-state index contributed by atoms with van der Waals surface area (Å²) < 4.78 is 66.6. The number of aromatic nitrogens is 1. The van der Waals surface area contributed by atoms with Crippen molar-refractivity contribution < 1.29 is 31.5 Å². The van der Waals surface area contributed by atoms with E-state index in [1.807, 2.05) is 0 Å². The van der Waals surface area contributed by atoms with Gasteiger partial charge in [0, 0.05) is 12.3 Å². The molecule has 23 heavy (non-hydrogen) atoms. The van der Waals surface area contributed by atoms with Crippen molar-refractivity contribution in [3.8, 4) is 5.75 Å². The highest BCUT2D eigenvalue weighted by Crippen LogP contribution is 2.34. The molecule has 0 spiro atoms. The van der Waals surface area contributed by atoms with Crippen molar-refractivity contribution >= 4 is 27.5 Å². The number of carbonyl (C=O) groups excluding carboxylic acids is 1. The second-order valence-electron chi connectivity index (χ2n) is 4.13. The van der Waals surface area contributed by atoms with Crippen LogP contribution in [0.4, 0.5) is 27.6 Å². The smallest absolute Gasteiger partial charge is 0.405 e. The highest BCUT2D eigenvalue weighted by molar-refractivity contribution is 9.10. The monoisotopic (exact) mass is 396 g/mol. The van der Waals surface area contributed by atoms with E-state index in [1.54, 1.807) is 0 Å². The zero-order valence-electron chi connectivity index (χ0n) is 10.9. The average Bonchev–Trinajstić information content (AvgIpc) is 2.43. The van der Waals surface area contributed by atoms with E-state index in [0.29, 0.717) is 12.1 Å². The summed E-state index contributed by atoms with van der Waals surface area (Å²) in [6, 6.07) is 3.37. The zero-order chi connectivity index (χ0) is 17.2. The summed E-state index contributed by atoms with van der Waals surface area (Å²) in [5.41, 5.74) is -0.645. The number of rotatable bonds is 3. The number of pyridine rings is 1. The fourth-order valence-corrected chi connectivity index (χ4v) is 1.93. The Bertz CT molecular complexity index is 734. The highest BCUT2D eigenvalue weighted by atomic mass is 79.9. The molecule has 1 aromatic heterocycles. The molecule has 0 fully saturated rings. The Morgan fingerprint density at radius 1 is 1.22 bits per heavy atom. The second-order valence-corrected chi connectivity index (χ2v) is 4.99. The van der Waals surface area contributed by atoms with Crippen LogP contribution in [0.5, 0.6) is 5.75 Å². The van der Waals surface area contributed by atoms with Gasteiger partial charge in [0.1, 0.15) is 11.6 Å². The number of halogens is 6. The Kier molecular flexibility index (Phi) is 4.83. The van der Waals surface area contributed by atoms with Crippen LogP contribution in [-0.4, -0.2) is 17.3 Å². The van der Waals surface area contributed by atoms with Gasteiger partial charge in [0.2, 0.25) is 5.95 Å². The van der Waals surface area contributed by atoms with Gasteiger partial charge in [0.25, 0.3) is 5.91 Å². The molecular formula is C13H6BrF5N2O2. The van der Waals surface area contributed by atoms with Crippen molar-refractivity contribution in [1.82, 2.24) is 4.98 Å². The van der Waals surface area contributed by atoms with Gasteiger partial charge >= 0.3 is 6.36 Å². The van der Waals surface area contributed by atoms with Gasteiger partial charge in [-0.3, -0.25) is 4.79 Å².